The minimum atomic E-state index is -0.559. The van der Waals surface area contributed by atoms with Crippen LogP contribution in [0.2, 0.25) is 0 Å². The standard InChI is InChI=1S/C14H23NO2/c16-14(17)13-9-15(7-10-3-1-2-4-10)8-12(13)11-5-6-11/h10-13H,1-9H2,(H,16,17)/t12-,13+/m0/s1. The highest BCUT2D eigenvalue weighted by molar-refractivity contribution is 5.71. The Kier molecular flexibility index (Phi) is 3.12. The Morgan fingerprint density at radius 1 is 1.12 bits per heavy atom. The zero-order valence-electron chi connectivity index (χ0n) is 10.5. The van der Waals surface area contributed by atoms with Gasteiger partial charge in [-0.2, -0.15) is 0 Å². The summed E-state index contributed by atoms with van der Waals surface area (Å²) < 4.78 is 0. The van der Waals surface area contributed by atoms with E-state index in [4.69, 9.17) is 0 Å². The van der Waals surface area contributed by atoms with Crippen LogP contribution in [-0.2, 0) is 4.79 Å². The van der Waals surface area contributed by atoms with Gasteiger partial charge in [0, 0.05) is 19.6 Å². The molecule has 2 saturated carbocycles. The van der Waals surface area contributed by atoms with E-state index in [-0.39, 0.29) is 5.92 Å². The van der Waals surface area contributed by atoms with Crippen molar-refractivity contribution in [1.82, 2.24) is 4.90 Å². The van der Waals surface area contributed by atoms with Crippen LogP contribution in [0.1, 0.15) is 38.5 Å². The van der Waals surface area contributed by atoms with Gasteiger partial charge in [0.1, 0.15) is 0 Å². The maximum Gasteiger partial charge on any atom is 0.308 e. The number of rotatable bonds is 4. The van der Waals surface area contributed by atoms with Crippen molar-refractivity contribution in [2.45, 2.75) is 38.5 Å². The molecule has 96 valence electrons. The third-order valence-electron chi connectivity index (χ3n) is 4.98. The van der Waals surface area contributed by atoms with Crippen molar-refractivity contribution in [3.8, 4) is 0 Å². The van der Waals surface area contributed by atoms with Gasteiger partial charge < -0.3 is 10.0 Å². The largest absolute Gasteiger partial charge is 0.481 e. The first kappa shape index (κ1) is 11.5. The maximum atomic E-state index is 11.3. The lowest BCUT2D eigenvalue weighted by molar-refractivity contribution is -0.142. The lowest BCUT2D eigenvalue weighted by Crippen LogP contribution is -2.27. The molecule has 1 N–H and O–H groups in total. The molecule has 0 aromatic heterocycles. The van der Waals surface area contributed by atoms with Gasteiger partial charge in [0.25, 0.3) is 0 Å². The summed E-state index contributed by atoms with van der Waals surface area (Å²) >= 11 is 0. The molecule has 0 unspecified atom stereocenters. The first-order valence-electron chi connectivity index (χ1n) is 7.19. The summed E-state index contributed by atoms with van der Waals surface area (Å²) in [5, 5.41) is 9.31. The fourth-order valence-electron chi connectivity index (χ4n) is 3.88. The third kappa shape index (κ3) is 2.49. The van der Waals surface area contributed by atoms with Crippen LogP contribution in [0.4, 0.5) is 0 Å². The van der Waals surface area contributed by atoms with Gasteiger partial charge in [-0.25, -0.2) is 0 Å². The normalized spacial score (nSPS) is 35.5. The van der Waals surface area contributed by atoms with Crippen molar-refractivity contribution in [2.24, 2.45) is 23.7 Å². The van der Waals surface area contributed by atoms with E-state index in [0.717, 1.165) is 31.5 Å². The quantitative estimate of drug-likeness (QED) is 0.815. The topological polar surface area (TPSA) is 40.5 Å². The molecule has 1 saturated heterocycles. The van der Waals surface area contributed by atoms with Crippen LogP contribution in [0.15, 0.2) is 0 Å². The molecule has 3 aliphatic rings. The van der Waals surface area contributed by atoms with Gasteiger partial charge in [0.05, 0.1) is 5.92 Å². The number of aliphatic carboxylic acids is 1. The zero-order chi connectivity index (χ0) is 11.8. The van der Waals surface area contributed by atoms with Crippen molar-refractivity contribution in [3.05, 3.63) is 0 Å². The van der Waals surface area contributed by atoms with E-state index < -0.39 is 5.97 Å². The Morgan fingerprint density at radius 3 is 2.41 bits per heavy atom. The summed E-state index contributed by atoms with van der Waals surface area (Å²) in [6, 6.07) is 0. The van der Waals surface area contributed by atoms with E-state index in [9.17, 15) is 9.90 Å². The molecule has 0 radical (unpaired) electrons. The second-order valence-corrected chi connectivity index (χ2v) is 6.32. The van der Waals surface area contributed by atoms with E-state index in [1.807, 2.05) is 0 Å². The van der Waals surface area contributed by atoms with E-state index in [1.165, 1.54) is 38.5 Å². The Balaban J connectivity index is 1.58. The molecule has 1 aliphatic heterocycles. The molecule has 3 fully saturated rings. The van der Waals surface area contributed by atoms with Crippen LogP contribution >= 0.6 is 0 Å². The van der Waals surface area contributed by atoms with E-state index in [2.05, 4.69) is 4.90 Å². The average Bonchev–Trinajstić information content (AvgIpc) is 2.86. The predicted molar refractivity (Wildman–Crippen MR) is 65.7 cm³/mol. The molecule has 3 nitrogen and oxygen atoms in total. The van der Waals surface area contributed by atoms with Crippen molar-refractivity contribution in [2.75, 3.05) is 19.6 Å². The molecule has 2 atom stereocenters. The molecule has 0 bridgehead atoms. The van der Waals surface area contributed by atoms with Crippen LogP contribution < -0.4 is 0 Å². The van der Waals surface area contributed by atoms with Crippen molar-refractivity contribution < 1.29 is 9.90 Å². The van der Waals surface area contributed by atoms with Crippen LogP contribution in [0.5, 0.6) is 0 Å². The van der Waals surface area contributed by atoms with Crippen LogP contribution in [-0.4, -0.2) is 35.6 Å². The SMILES string of the molecule is O=C(O)[C@@H]1CN(CC2CCCC2)C[C@H]1C1CC1. The molecule has 0 aromatic carbocycles. The number of carboxylic acids is 1. The molecule has 2 aliphatic carbocycles. The number of likely N-dealkylation sites (tertiary alicyclic amines) is 1. The first-order valence-corrected chi connectivity index (χ1v) is 7.19. The lowest BCUT2D eigenvalue weighted by Gasteiger charge is -2.19. The van der Waals surface area contributed by atoms with Gasteiger partial charge in [-0.1, -0.05) is 12.8 Å². The summed E-state index contributed by atoms with van der Waals surface area (Å²) in [5.74, 6) is 1.39. The average molecular weight is 237 g/mol. The van der Waals surface area contributed by atoms with Crippen molar-refractivity contribution in [3.63, 3.8) is 0 Å². The summed E-state index contributed by atoms with van der Waals surface area (Å²) in [7, 11) is 0. The summed E-state index contributed by atoms with van der Waals surface area (Å²) in [4.78, 5) is 13.7. The molecule has 0 amide bonds. The van der Waals surface area contributed by atoms with Gasteiger partial charge in [-0.05, 0) is 43.4 Å². The van der Waals surface area contributed by atoms with Gasteiger partial charge in [-0.3, -0.25) is 4.79 Å². The Bertz CT molecular complexity index is 295. The third-order valence-corrected chi connectivity index (χ3v) is 4.98. The van der Waals surface area contributed by atoms with Gasteiger partial charge in [0.2, 0.25) is 0 Å². The van der Waals surface area contributed by atoms with Crippen molar-refractivity contribution in [1.29, 1.82) is 0 Å². The second kappa shape index (κ2) is 4.60. The molecule has 3 rings (SSSR count). The number of carbonyl (C=O) groups is 1. The summed E-state index contributed by atoms with van der Waals surface area (Å²) in [5.41, 5.74) is 0. The monoisotopic (exact) mass is 237 g/mol. The molecule has 0 spiro atoms. The summed E-state index contributed by atoms with van der Waals surface area (Å²) in [6.45, 7) is 3.03. The van der Waals surface area contributed by atoms with E-state index in [0.29, 0.717) is 5.92 Å². The van der Waals surface area contributed by atoms with Crippen LogP contribution in [0.3, 0.4) is 0 Å². The smallest absolute Gasteiger partial charge is 0.308 e. The Hall–Kier alpha value is -0.570. The summed E-state index contributed by atoms with van der Waals surface area (Å²) in [6.07, 6.45) is 8.03. The minimum absolute atomic E-state index is 0.0797. The zero-order valence-corrected chi connectivity index (χ0v) is 10.5. The molecular weight excluding hydrogens is 214 g/mol. The molecule has 3 heteroatoms. The number of nitrogens with zero attached hydrogens (tertiary/aromatic N) is 1. The van der Waals surface area contributed by atoms with Gasteiger partial charge in [-0.15, -0.1) is 0 Å². The molecule has 17 heavy (non-hydrogen) atoms. The molecule has 1 heterocycles. The number of hydrogen-bond donors (Lipinski definition) is 1. The van der Waals surface area contributed by atoms with Crippen LogP contribution in [0.25, 0.3) is 0 Å². The molecular formula is C14H23NO2. The fourth-order valence-corrected chi connectivity index (χ4v) is 3.88. The van der Waals surface area contributed by atoms with Gasteiger partial charge >= 0.3 is 5.97 Å². The highest BCUT2D eigenvalue weighted by atomic mass is 16.4. The number of carboxylic acid groups (broad SMARTS) is 1. The highest BCUT2D eigenvalue weighted by Crippen LogP contribution is 2.44. The Morgan fingerprint density at radius 2 is 1.82 bits per heavy atom. The lowest BCUT2D eigenvalue weighted by atomic mass is 9.92. The van der Waals surface area contributed by atoms with E-state index in [1.54, 1.807) is 0 Å². The fraction of sp³-hybridized carbons (Fsp3) is 0.929. The number of hydrogen-bond acceptors (Lipinski definition) is 2. The van der Waals surface area contributed by atoms with Crippen LogP contribution in [0, 0.1) is 23.7 Å². The maximum absolute atomic E-state index is 11.3. The van der Waals surface area contributed by atoms with Gasteiger partial charge in [0.15, 0.2) is 0 Å². The first-order chi connectivity index (χ1) is 8.24. The van der Waals surface area contributed by atoms with E-state index >= 15 is 0 Å². The Labute approximate surface area is 103 Å². The highest BCUT2D eigenvalue weighted by Gasteiger charge is 2.45. The molecule has 0 aromatic rings. The second-order valence-electron chi connectivity index (χ2n) is 6.32. The predicted octanol–water partition coefficient (Wildman–Crippen LogP) is 2.22. The van der Waals surface area contributed by atoms with Crippen molar-refractivity contribution >= 4 is 5.97 Å². The minimum Gasteiger partial charge on any atom is -0.481 e.